The lowest BCUT2D eigenvalue weighted by molar-refractivity contribution is -0.123. The number of nitrogens with one attached hydrogen (secondary N) is 2. The Hall–Kier alpha value is -4.11. The number of carbonyl (C=O) groups is 1. The third-order valence-corrected chi connectivity index (χ3v) is 4.67. The molecule has 10 nitrogen and oxygen atoms in total. The predicted octanol–water partition coefficient (Wildman–Crippen LogP) is 1.83. The van der Waals surface area contributed by atoms with E-state index in [1.165, 1.54) is 29.3 Å². The van der Waals surface area contributed by atoms with Gasteiger partial charge in [-0.1, -0.05) is 6.92 Å². The summed E-state index contributed by atoms with van der Waals surface area (Å²) in [5.41, 5.74) is 5.33. The highest BCUT2D eigenvalue weighted by Crippen LogP contribution is 2.21. The summed E-state index contributed by atoms with van der Waals surface area (Å²) in [6, 6.07) is 4.44. The molecular formula is C20H20F2N8O2. The van der Waals surface area contributed by atoms with Crippen molar-refractivity contribution in [1.29, 1.82) is 5.26 Å². The van der Waals surface area contributed by atoms with Gasteiger partial charge in [0.25, 0.3) is 0 Å². The first-order valence-electron chi connectivity index (χ1n) is 9.49. The van der Waals surface area contributed by atoms with Crippen LogP contribution in [0, 0.1) is 28.9 Å². The minimum Gasteiger partial charge on any atom is -0.396 e. The molecule has 3 aromatic rings. The first kappa shape index (κ1) is 22.6. The van der Waals surface area contributed by atoms with Gasteiger partial charge in [-0.05, 0) is 18.2 Å². The number of aromatic nitrogens is 4. The number of nitrogens with zero attached hydrogens (tertiary/aromatic N) is 5. The van der Waals surface area contributed by atoms with Gasteiger partial charge in [0.1, 0.15) is 29.6 Å². The number of nitriles is 1. The van der Waals surface area contributed by atoms with Gasteiger partial charge in [0.2, 0.25) is 11.9 Å². The van der Waals surface area contributed by atoms with Crippen LogP contribution in [0.1, 0.15) is 24.1 Å². The lowest BCUT2D eigenvalue weighted by atomic mass is 10.0. The number of hydrogen-bond donors (Lipinski definition) is 4. The first-order valence-corrected chi connectivity index (χ1v) is 9.49. The summed E-state index contributed by atoms with van der Waals surface area (Å²) in [5, 5.41) is 28.0. The Morgan fingerprint density at radius 3 is 2.84 bits per heavy atom. The van der Waals surface area contributed by atoms with E-state index in [9.17, 15) is 18.7 Å². The van der Waals surface area contributed by atoms with Crippen molar-refractivity contribution in [2.45, 2.75) is 19.5 Å². The minimum atomic E-state index is -0.930. The molecule has 0 aliphatic rings. The zero-order chi connectivity index (χ0) is 23.3. The number of nitrogens with two attached hydrogens (primary N) is 1. The number of hydrogen-bond acceptors (Lipinski definition) is 8. The van der Waals surface area contributed by atoms with E-state index in [-0.39, 0.29) is 36.0 Å². The first-order chi connectivity index (χ1) is 15.3. The number of amides is 1. The smallest absolute Gasteiger partial charge is 0.242 e. The maximum Gasteiger partial charge on any atom is 0.242 e. The Bertz CT molecular complexity index is 1160. The van der Waals surface area contributed by atoms with Crippen LogP contribution in [0.25, 0.3) is 0 Å². The summed E-state index contributed by atoms with van der Waals surface area (Å²) in [6.45, 7) is 1.19. The second-order valence-electron chi connectivity index (χ2n) is 6.96. The van der Waals surface area contributed by atoms with Crippen LogP contribution in [0.3, 0.4) is 0 Å². The fourth-order valence-electron chi connectivity index (χ4n) is 3.00. The predicted molar refractivity (Wildman–Crippen MR) is 110 cm³/mol. The molecule has 0 spiro atoms. The van der Waals surface area contributed by atoms with Gasteiger partial charge in [0.15, 0.2) is 0 Å². The Morgan fingerprint density at radius 1 is 1.38 bits per heavy atom. The van der Waals surface area contributed by atoms with Crippen LogP contribution in [0.4, 0.5) is 26.2 Å². The molecule has 2 heterocycles. The third-order valence-electron chi connectivity index (χ3n) is 4.67. The molecular weight excluding hydrogens is 422 g/mol. The van der Waals surface area contributed by atoms with Crippen LogP contribution in [-0.4, -0.2) is 37.4 Å². The molecule has 12 heteroatoms. The molecule has 0 saturated heterocycles. The number of rotatable bonds is 9. The molecule has 166 valence electrons. The molecule has 5 N–H and O–H groups in total. The Kier molecular flexibility index (Phi) is 6.91. The van der Waals surface area contributed by atoms with E-state index in [4.69, 9.17) is 11.0 Å². The van der Waals surface area contributed by atoms with Crippen molar-refractivity contribution in [3.05, 3.63) is 59.6 Å². The van der Waals surface area contributed by atoms with Crippen molar-refractivity contribution in [1.82, 2.24) is 19.7 Å². The average molecular weight is 442 g/mol. The Balaban J connectivity index is 1.72. The zero-order valence-corrected chi connectivity index (χ0v) is 17.0. The summed E-state index contributed by atoms with van der Waals surface area (Å²) >= 11 is 0. The summed E-state index contributed by atoms with van der Waals surface area (Å²) in [4.78, 5) is 20.0. The van der Waals surface area contributed by atoms with Gasteiger partial charge >= 0.3 is 0 Å². The van der Waals surface area contributed by atoms with E-state index >= 15 is 0 Å². The molecule has 0 fully saturated rings. The molecule has 2 aromatic heterocycles. The SMILES string of the molecule is CC(CO)C(C(N)=O)n1cc(Nc2nccc(NCc3c(F)ccc(C#N)c3F)n2)cn1. The monoisotopic (exact) mass is 442 g/mol. The van der Waals surface area contributed by atoms with E-state index in [1.807, 2.05) is 0 Å². The summed E-state index contributed by atoms with van der Waals surface area (Å²) in [7, 11) is 0. The second-order valence-corrected chi connectivity index (χ2v) is 6.96. The van der Waals surface area contributed by atoms with E-state index in [0.717, 1.165) is 12.1 Å². The normalized spacial score (nSPS) is 12.6. The number of aliphatic hydroxyl groups is 1. The van der Waals surface area contributed by atoms with Crippen molar-refractivity contribution < 1.29 is 18.7 Å². The van der Waals surface area contributed by atoms with Crippen molar-refractivity contribution in [2.75, 3.05) is 17.2 Å². The highest BCUT2D eigenvalue weighted by atomic mass is 19.1. The highest BCUT2D eigenvalue weighted by molar-refractivity contribution is 5.78. The van der Waals surface area contributed by atoms with Gasteiger partial charge < -0.3 is 21.5 Å². The van der Waals surface area contributed by atoms with Crippen molar-refractivity contribution in [2.24, 2.45) is 11.7 Å². The quantitative estimate of drug-likeness (QED) is 0.391. The molecule has 0 radical (unpaired) electrons. The third kappa shape index (κ3) is 4.96. The van der Waals surface area contributed by atoms with Gasteiger partial charge in [-0.2, -0.15) is 15.3 Å². The number of benzene rings is 1. The van der Waals surface area contributed by atoms with Crippen LogP contribution >= 0.6 is 0 Å². The molecule has 0 aliphatic carbocycles. The van der Waals surface area contributed by atoms with Crippen molar-refractivity contribution in [3.63, 3.8) is 0 Å². The summed E-state index contributed by atoms with van der Waals surface area (Å²) in [5.74, 6) is -2.35. The van der Waals surface area contributed by atoms with E-state index in [1.54, 1.807) is 13.0 Å². The summed E-state index contributed by atoms with van der Waals surface area (Å²) in [6.07, 6.45) is 4.38. The number of aliphatic hydroxyl groups excluding tert-OH is 1. The maximum absolute atomic E-state index is 14.2. The van der Waals surface area contributed by atoms with E-state index < -0.39 is 29.5 Å². The van der Waals surface area contributed by atoms with Crippen molar-refractivity contribution in [3.8, 4) is 6.07 Å². The second kappa shape index (κ2) is 9.80. The van der Waals surface area contributed by atoms with Gasteiger partial charge in [-0.25, -0.2) is 13.8 Å². The summed E-state index contributed by atoms with van der Waals surface area (Å²) < 4.78 is 29.5. The van der Waals surface area contributed by atoms with Crippen LogP contribution < -0.4 is 16.4 Å². The molecule has 2 unspecified atom stereocenters. The Morgan fingerprint density at radius 2 is 2.16 bits per heavy atom. The lowest BCUT2D eigenvalue weighted by Gasteiger charge is -2.19. The number of primary amides is 1. The molecule has 2 atom stereocenters. The van der Waals surface area contributed by atoms with E-state index in [2.05, 4.69) is 25.7 Å². The molecule has 1 aromatic carbocycles. The average Bonchev–Trinajstić information content (AvgIpc) is 3.21. The van der Waals surface area contributed by atoms with Crippen LogP contribution in [-0.2, 0) is 11.3 Å². The Labute approximate surface area is 181 Å². The highest BCUT2D eigenvalue weighted by Gasteiger charge is 2.25. The number of halogens is 2. The van der Waals surface area contributed by atoms with Crippen LogP contribution in [0.15, 0.2) is 36.8 Å². The van der Waals surface area contributed by atoms with E-state index in [0.29, 0.717) is 5.69 Å². The molecule has 3 rings (SSSR count). The zero-order valence-electron chi connectivity index (χ0n) is 17.0. The fourth-order valence-corrected chi connectivity index (χ4v) is 3.00. The topological polar surface area (TPSA) is 155 Å². The number of anilines is 3. The fraction of sp³-hybridized carbons (Fsp3) is 0.250. The van der Waals surface area contributed by atoms with Crippen LogP contribution in [0.5, 0.6) is 0 Å². The standard InChI is InChI=1S/C20H20F2N8O2/c1-11(10-31)18(19(24)32)30-9-13(7-27-30)28-20-25-5-4-16(29-20)26-8-14-15(21)3-2-12(6-23)17(14)22/h2-5,7,9,11,18,31H,8,10H2,1H3,(H2,24,32)(H2,25,26,28,29). The largest absolute Gasteiger partial charge is 0.396 e. The molecule has 0 saturated carbocycles. The van der Waals surface area contributed by atoms with Crippen molar-refractivity contribution >= 4 is 23.4 Å². The van der Waals surface area contributed by atoms with Gasteiger partial charge in [0, 0.05) is 37.0 Å². The van der Waals surface area contributed by atoms with Gasteiger partial charge in [-0.3, -0.25) is 9.48 Å². The molecule has 32 heavy (non-hydrogen) atoms. The molecule has 1 amide bonds. The van der Waals surface area contributed by atoms with Crippen LogP contribution in [0.2, 0.25) is 0 Å². The maximum atomic E-state index is 14.2. The lowest BCUT2D eigenvalue weighted by Crippen LogP contribution is -2.33. The minimum absolute atomic E-state index is 0.159. The van der Waals surface area contributed by atoms with Gasteiger partial charge in [0.05, 0.1) is 17.4 Å². The van der Waals surface area contributed by atoms with Gasteiger partial charge in [-0.15, -0.1) is 0 Å². The number of carbonyl (C=O) groups excluding carboxylic acids is 1. The molecule has 0 aliphatic heterocycles. The molecule has 0 bridgehead atoms.